The Balaban J connectivity index is 2.33. The van der Waals surface area contributed by atoms with Crippen molar-refractivity contribution in [3.05, 3.63) is 45.4 Å². The van der Waals surface area contributed by atoms with Gasteiger partial charge in [-0.1, -0.05) is 24.4 Å². The number of thiazole rings is 1. The molecule has 0 radical (unpaired) electrons. The van der Waals surface area contributed by atoms with Crippen LogP contribution in [0.15, 0.2) is 24.3 Å². The second kappa shape index (κ2) is 5.68. The van der Waals surface area contributed by atoms with Crippen LogP contribution in [0.4, 0.5) is 5.69 Å². The van der Waals surface area contributed by atoms with Crippen LogP contribution in [0.25, 0.3) is 0 Å². The van der Waals surface area contributed by atoms with Crippen molar-refractivity contribution in [3.63, 3.8) is 0 Å². The Kier molecular flexibility index (Phi) is 4.15. The van der Waals surface area contributed by atoms with Crippen molar-refractivity contribution >= 4 is 40.1 Å². The lowest BCUT2D eigenvalue weighted by Gasteiger charge is -2.17. The first-order valence-corrected chi connectivity index (χ1v) is 7.24. The second-order valence-electron chi connectivity index (χ2n) is 4.43. The molecule has 0 aliphatic carbocycles. The molecule has 2 rings (SSSR count). The molecule has 104 valence electrons. The van der Waals surface area contributed by atoms with E-state index < -0.39 is 0 Å². The third kappa shape index (κ3) is 2.86. The number of nitrogens with zero attached hydrogens (tertiary/aromatic N) is 2. The predicted molar refractivity (Wildman–Crippen MR) is 86.7 cm³/mol. The van der Waals surface area contributed by atoms with Crippen molar-refractivity contribution in [1.82, 2.24) is 4.98 Å². The van der Waals surface area contributed by atoms with E-state index in [0.717, 1.165) is 22.0 Å². The summed E-state index contributed by atoms with van der Waals surface area (Å²) in [5.41, 5.74) is 7.88. The number of hydrogen-bond acceptors (Lipinski definition) is 4. The average Bonchev–Trinajstić information content (AvgIpc) is 2.76. The summed E-state index contributed by atoms with van der Waals surface area (Å²) in [6, 6.07) is 7.32. The summed E-state index contributed by atoms with van der Waals surface area (Å²) in [4.78, 5) is 19.3. The molecule has 1 aromatic heterocycles. The Morgan fingerprint density at radius 2 is 2.10 bits per heavy atom. The molecule has 4 nitrogen and oxygen atoms in total. The van der Waals surface area contributed by atoms with Gasteiger partial charge in [0.25, 0.3) is 5.91 Å². The standard InChI is InChI=1S/C14H15N3OS2/c1-8-12(20-9(2)16-8)14(18)17(3)11-6-4-5-10(7-11)13(15)19/h4-7H,1-3H3,(H2,15,19). The number of nitrogens with two attached hydrogens (primary N) is 1. The highest BCUT2D eigenvalue weighted by atomic mass is 32.1. The number of rotatable bonds is 3. The first-order chi connectivity index (χ1) is 9.40. The molecule has 0 fully saturated rings. The number of anilines is 1. The Hall–Kier alpha value is -1.79. The summed E-state index contributed by atoms with van der Waals surface area (Å²) in [6.07, 6.45) is 0. The number of amides is 1. The Bertz CT molecular complexity index is 679. The lowest BCUT2D eigenvalue weighted by Crippen LogP contribution is -2.26. The first kappa shape index (κ1) is 14.6. The summed E-state index contributed by atoms with van der Waals surface area (Å²) in [6.45, 7) is 3.73. The molecule has 0 aliphatic rings. The van der Waals surface area contributed by atoms with E-state index in [4.69, 9.17) is 18.0 Å². The summed E-state index contributed by atoms with van der Waals surface area (Å²) >= 11 is 6.36. The molecule has 0 unspecified atom stereocenters. The van der Waals surface area contributed by atoms with Crippen LogP contribution < -0.4 is 10.6 Å². The normalized spacial score (nSPS) is 10.3. The number of thiocarbonyl (C=S) groups is 1. The van der Waals surface area contributed by atoms with Crippen molar-refractivity contribution in [2.45, 2.75) is 13.8 Å². The van der Waals surface area contributed by atoms with Crippen molar-refractivity contribution in [2.75, 3.05) is 11.9 Å². The van der Waals surface area contributed by atoms with E-state index in [0.29, 0.717) is 9.87 Å². The molecule has 0 saturated heterocycles. The highest BCUT2D eigenvalue weighted by molar-refractivity contribution is 7.80. The van der Waals surface area contributed by atoms with Gasteiger partial charge in [0.1, 0.15) is 9.87 Å². The molecule has 20 heavy (non-hydrogen) atoms. The molecule has 2 aromatic rings. The van der Waals surface area contributed by atoms with Crippen LogP contribution in [0, 0.1) is 13.8 Å². The van der Waals surface area contributed by atoms with E-state index >= 15 is 0 Å². The fraction of sp³-hybridized carbons (Fsp3) is 0.214. The summed E-state index contributed by atoms with van der Waals surface area (Å²) in [5, 5.41) is 0.885. The van der Waals surface area contributed by atoms with Crippen molar-refractivity contribution in [1.29, 1.82) is 0 Å². The van der Waals surface area contributed by atoms with Crippen LogP contribution >= 0.6 is 23.6 Å². The van der Waals surface area contributed by atoms with Gasteiger partial charge in [-0.2, -0.15) is 0 Å². The van der Waals surface area contributed by atoms with Gasteiger partial charge in [-0.25, -0.2) is 4.98 Å². The molecule has 0 bridgehead atoms. The van der Waals surface area contributed by atoms with E-state index in [9.17, 15) is 4.79 Å². The maximum absolute atomic E-state index is 12.5. The zero-order chi connectivity index (χ0) is 14.9. The van der Waals surface area contributed by atoms with Crippen molar-refractivity contribution < 1.29 is 4.79 Å². The first-order valence-electron chi connectivity index (χ1n) is 6.02. The van der Waals surface area contributed by atoms with Gasteiger partial charge >= 0.3 is 0 Å². The molecular weight excluding hydrogens is 290 g/mol. The van der Waals surface area contributed by atoms with Gasteiger partial charge in [0.2, 0.25) is 0 Å². The topological polar surface area (TPSA) is 59.2 Å². The van der Waals surface area contributed by atoms with Crippen LogP contribution in [0.2, 0.25) is 0 Å². The summed E-state index contributed by atoms with van der Waals surface area (Å²) in [5.74, 6) is -0.0758. The zero-order valence-corrected chi connectivity index (χ0v) is 13.1. The van der Waals surface area contributed by atoms with Gasteiger partial charge in [0.05, 0.1) is 10.7 Å². The minimum Gasteiger partial charge on any atom is -0.389 e. The van der Waals surface area contributed by atoms with Gasteiger partial charge in [-0.05, 0) is 26.0 Å². The van der Waals surface area contributed by atoms with Crippen molar-refractivity contribution in [3.8, 4) is 0 Å². The summed E-state index contributed by atoms with van der Waals surface area (Å²) < 4.78 is 0. The minimum absolute atomic E-state index is 0.0758. The van der Waals surface area contributed by atoms with Gasteiger partial charge in [0, 0.05) is 18.3 Å². The van der Waals surface area contributed by atoms with Crippen LogP contribution in [0.1, 0.15) is 25.9 Å². The SMILES string of the molecule is Cc1nc(C)c(C(=O)N(C)c2cccc(C(N)=S)c2)s1. The molecule has 1 heterocycles. The third-order valence-electron chi connectivity index (χ3n) is 2.92. The number of carbonyl (C=O) groups excluding carboxylic acids is 1. The Labute approximate surface area is 127 Å². The molecular formula is C14H15N3OS2. The zero-order valence-electron chi connectivity index (χ0n) is 11.5. The van der Waals surface area contributed by atoms with E-state index in [2.05, 4.69) is 4.98 Å². The smallest absolute Gasteiger partial charge is 0.270 e. The molecule has 1 aromatic carbocycles. The molecule has 0 spiro atoms. The van der Waals surface area contributed by atoms with Crippen molar-refractivity contribution in [2.24, 2.45) is 5.73 Å². The van der Waals surface area contributed by atoms with E-state index in [-0.39, 0.29) is 5.91 Å². The monoisotopic (exact) mass is 305 g/mol. The van der Waals surface area contributed by atoms with Gasteiger partial charge in [-0.15, -0.1) is 11.3 Å². The van der Waals surface area contributed by atoms with E-state index in [1.165, 1.54) is 11.3 Å². The predicted octanol–water partition coefficient (Wildman–Crippen LogP) is 2.67. The van der Waals surface area contributed by atoms with Gasteiger partial charge < -0.3 is 10.6 Å². The quantitative estimate of drug-likeness (QED) is 0.886. The lowest BCUT2D eigenvalue weighted by atomic mass is 10.2. The molecule has 1 amide bonds. The molecule has 0 aliphatic heterocycles. The van der Waals surface area contributed by atoms with Crippen LogP contribution in [0.3, 0.4) is 0 Å². The number of aromatic nitrogens is 1. The Morgan fingerprint density at radius 3 is 2.65 bits per heavy atom. The largest absolute Gasteiger partial charge is 0.389 e. The highest BCUT2D eigenvalue weighted by Crippen LogP contribution is 2.22. The Morgan fingerprint density at radius 1 is 1.40 bits per heavy atom. The maximum atomic E-state index is 12.5. The lowest BCUT2D eigenvalue weighted by molar-refractivity contribution is 0.0996. The van der Waals surface area contributed by atoms with Crippen LogP contribution in [0.5, 0.6) is 0 Å². The minimum atomic E-state index is -0.0758. The molecule has 0 saturated carbocycles. The summed E-state index contributed by atoms with van der Waals surface area (Å²) in [7, 11) is 1.73. The maximum Gasteiger partial charge on any atom is 0.270 e. The fourth-order valence-electron chi connectivity index (χ4n) is 1.87. The number of aryl methyl sites for hydroxylation is 2. The highest BCUT2D eigenvalue weighted by Gasteiger charge is 2.19. The second-order valence-corrected chi connectivity index (χ2v) is 6.07. The molecule has 0 atom stereocenters. The number of carbonyl (C=O) groups is 1. The van der Waals surface area contributed by atoms with Gasteiger partial charge in [-0.3, -0.25) is 4.79 Å². The number of benzene rings is 1. The third-order valence-corrected chi connectivity index (χ3v) is 4.22. The van der Waals surface area contributed by atoms with Crippen LogP contribution in [-0.2, 0) is 0 Å². The molecule has 2 N–H and O–H groups in total. The van der Waals surface area contributed by atoms with Crippen LogP contribution in [-0.4, -0.2) is 22.9 Å². The average molecular weight is 305 g/mol. The van der Waals surface area contributed by atoms with E-state index in [1.54, 1.807) is 11.9 Å². The number of hydrogen-bond donors (Lipinski definition) is 1. The fourth-order valence-corrected chi connectivity index (χ4v) is 2.89. The molecule has 6 heteroatoms. The van der Waals surface area contributed by atoms with E-state index in [1.807, 2.05) is 38.1 Å². The van der Waals surface area contributed by atoms with Gasteiger partial charge in [0.15, 0.2) is 0 Å².